The van der Waals surface area contributed by atoms with Crippen LogP contribution in [0.5, 0.6) is 0 Å². The maximum absolute atomic E-state index is 12.2. The fourth-order valence-electron chi connectivity index (χ4n) is 3.30. The van der Waals surface area contributed by atoms with Crippen molar-refractivity contribution >= 4 is 35.1 Å². The molecule has 0 aliphatic heterocycles. The fraction of sp³-hybridized carbons (Fsp3) is 0.250. The van der Waals surface area contributed by atoms with Crippen molar-refractivity contribution in [1.29, 1.82) is 0 Å². The molecule has 7 nitrogen and oxygen atoms in total. The van der Waals surface area contributed by atoms with Gasteiger partial charge in [0.2, 0.25) is 0 Å². The first-order valence-corrected chi connectivity index (χ1v) is 11.0. The molecule has 1 N–H and O–H groups in total. The van der Waals surface area contributed by atoms with Gasteiger partial charge in [-0.05, 0) is 50.5 Å². The Morgan fingerprint density at radius 1 is 1.22 bits per heavy atom. The molecule has 1 amide bonds. The van der Waals surface area contributed by atoms with Gasteiger partial charge in [-0.15, -0.1) is 11.3 Å². The van der Waals surface area contributed by atoms with Crippen LogP contribution in [0.1, 0.15) is 29.4 Å². The maximum Gasteiger partial charge on any atom is 0.331 e. The molecule has 8 heteroatoms. The Labute approximate surface area is 190 Å². The number of thiazole rings is 1. The van der Waals surface area contributed by atoms with E-state index in [4.69, 9.17) is 4.74 Å². The van der Waals surface area contributed by atoms with Gasteiger partial charge in [-0.1, -0.05) is 30.3 Å². The molecule has 1 unspecified atom stereocenters. The highest BCUT2D eigenvalue weighted by Gasteiger charge is 2.18. The van der Waals surface area contributed by atoms with E-state index in [9.17, 15) is 14.4 Å². The van der Waals surface area contributed by atoms with Gasteiger partial charge in [-0.2, -0.15) is 0 Å². The highest BCUT2D eigenvalue weighted by molar-refractivity contribution is 7.12. The van der Waals surface area contributed by atoms with E-state index in [0.717, 1.165) is 27.6 Å². The van der Waals surface area contributed by atoms with E-state index in [2.05, 4.69) is 10.3 Å². The molecular formula is C24H25N3O4S. The third-order valence-electron chi connectivity index (χ3n) is 4.93. The van der Waals surface area contributed by atoms with Crippen LogP contribution in [0.3, 0.4) is 0 Å². The molecule has 1 aromatic carbocycles. The van der Waals surface area contributed by atoms with Gasteiger partial charge in [-0.25, -0.2) is 9.78 Å². The molecule has 1 atom stereocenters. The molecule has 0 radical (unpaired) electrons. The Hall–Kier alpha value is -3.52. The normalized spacial score (nSPS) is 12.0. The van der Waals surface area contributed by atoms with E-state index >= 15 is 0 Å². The Morgan fingerprint density at radius 2 is 1.97 bits per heavy atom. The van der Waals surface area contributed by atoms with E-state index in [1.165, 1.54) is 24.3 Å². The molecule has 2 aromatic heterocycles. The number of amides is 1. The number of carbonyl (C=O) groups is 3. The molecule has 3 aromatic rings. The highest BCUT2D eigenvalue weighted by Crippen LogP contribution is 2.23. The van der Waals surface area contributed by atoms with Crippen LogP contribution in [0.15, 0.2) is 54.1 Å². The Bertz CT molecular complexity index is 1120. The highest BCUT2D eigenvalue weighted by atomic mass is 32.1. The van der Waals surface area contributed by atoms with Gasteiger partial charge >= 0.3 is 5.97 Å². The lowest BCUT2D eigenvalue weighted by atomic mass is 10.0. The van der Waals surface area contributed by atoms with Crippen LogP contribution in [0.25, 0.3) is 11.2 Å². The lowest BCUT2D eigenvalue weighted by Gasteiger charge is -2.16. The summed E-state index contributed by atoms with van der Waals surface area (Å²) in [6.07, 6.45) is 5.06. The number of ketones is 1. The summed E-state index contributed by atoms with van der Waals surface area (Å²) in [5.41, 5.74) is 3.74. The smallest absolute Gasteiger partial charge is 0.331 e. The van der Waals surface area contributed by atoms with Crippen LogP contribution in [-0.2, 0) is 25.5 Å². The average molecular weight is 452 g/mol. The Balaban J connectivity index is 1.54. The molecule has 0 fully saturated rings. The molecular weight excluding hydrogens is 426 g/mol. The summed E-state index contributed by atoms with van der Waals surface area (Å²) < 4.78 is 7.05. The van der Waals surface area contributed by atoms with Crippen LogP contribution in [0, 0.1) is 13.8 Å². The minimum atomic E-state index is -0.671. The molecule has 0 saturated carbocycles. The summed E-state index contributed by atoms with van der Waals surface area (Å²) in [6.45, 7) is 4.88. The lowest BCUT2D eigenvalue weighted by molar-refractivity contribution is -0.144. The van der Waals surface area contributed by atoms with Crippen LogP contribution >= 0.6 is 11.3 Å². The topological polar surface area (TPSA) is 90.3 Å². The molecule has 0 aliphatic carbocycles. The van der Waals surface area contributed by atoms with Crippen LogP contribution in [-0.4, -0.2) is 39.9 Å². The Kier molecular flexibility index (Phi) is 7.72. The third-order valence-corrected chi connectivity index (χ3v) is 5.69. The average Bonchev–Trinajstić information content (AvgIpc) is 3.38. The standard InChI is InChI=1S/C24H25N3O4S/c1-16-13-20(17(2)27(16)24-25-11-12-32-24)9-10-23(30)31-15-22(29)26-21(18(3)28)14-19-7-5-4-6-8-19/h4-13,21H,14-15H2,1-3H3,(H,26,29)/b10-9+. The number of carbonyl (C=O) groups excluding carboxylic acids is 3. The van der Waals surface area contributed by atoms with Crippen molar-refractivity contribution in [3.05, 3.63) is 76.6 Å². The van der Waals surface area contributed by atoms with Crippen LogP contribution in [0.4, 0.5) is 0 Å². The number of nitrogens with zero attached hydrogens (tertiary/aromatic N) is 2. The lowest BCUT2D eigenvalue weighted by Crippen LogP contribution is -2.43. The van der Waals surface area contributed by atoms with E-state index < -0.39 is 24.5 Å². The molecule has 32 heavy (non-hydrogen) atoms. The van der Waals surface area contributed by atoms with Gasteiger partial charge in [0.05, 0.1) is 6.04 Å². The van der Waals surface area contributed by atoms with Crippen LogP contribution in [0.2, 0.25) is 0 Å². The zero-order valence-electron chi connectivity index (χ0n) is 18.2. The second-order valence-electron chi connectivity index (χ2n) is 7.34. The first kappa shape index (κ1) is 23.1. The first-order valence-electron chi connectivity index (χ1n) is 10.1. The van der Waals surface area contributed by atoms with Gasteiger partial charge in [0.25, 0.3) is 5.91 Å². The zero-order valence-corrected chi connectivity index (χ0v) is 19.0. The van der Waals surface area contributed by atoms with E-state index in [0.29, 0.717) is 6.42 Å². The second kappa shape index (κ2) is 10.7. The van der Waals surface area contributed by atoms with E-state index in [1.807, 2.05) is 60.2 Å². The maximum atomic E-state index is 12.2. The largest absolute Gasteiger partial charge is 0.452 e. The number of rotatable bonds is 9. The predicted molar refractivity (Wildman–Crippen MR) is 124 cm³/mol. The fourth-order valence-corrected chi connectivity index (χ4v) is 4.05. The van der Waals surface area contributed by atoms with Crippen molar-refractivity contribution in [2.75, 3.05) is 6.61 Å². The molecule has 3 rings (SSSR count). The second-order valence-corrected chi connectivity index (χ2v) is 8.21. The number of hydrogen-bond acceptors (Lipinski definition) is 6. The van der Waals surface area contributed by atoms with Gasteiger partial charge in [-0.3, -0.25) is 14.2 Å². The molecule has 0 bridgehead atoms. The predicted octanol–water partition coefficient (Wildman–Crippen LogP) is 3.42. The minimum absolute atomic E-state index is 0.163. The van der Waals surface area contributed by atoms with E-state index in [1.54, 1.807) is 12.3 Å². The number of nitrogens with one attached hydrogen (secondary N) is 1. The molecule has 0 spiro atoms. The van der Waals surface area contributed by atoms with Gasteiger partial charge < -0.3 is 10.1 Å². The van der Waals surface area contributed by atoms with Crippen molar-refractivity contribution in [1.82, 2.24) is 14.9 Å². The number of aryl methyl sites for hydroxylation is 1. The van der Waals surface area contributed by atoms with Crippen molar-refractivity contribution < 1.29 is 19.1 Å². The monoisotopic (exact) mass is 451 g/mol. The van der Waals surface area contributed by atoms with Crippen molar-refractivity contribution in [3.8, 4) is 5.13 Å². The van der Waals surface area contributed by atoms with Crippen molar-refractivity contribution in [3.63, 3.8) is 0 Å². The van der Waals surface area contributed by atoms with E-state index in [-0.39, 0.29) is 5.78 Å². The number of hydrogen-bond donors (Lipinski definition) is 1. The first-order chi connectivity index (χ1) is 15.3. The molecule has 2 heterocycles. The zero-order chi connectivity index (χ0) is 23.1. The van der Waals surface area contributed by atoms with Gasteiger partial charge in [0, 0.05) is 29.0 Å². The summed E-state index contributed by atoms with van der Waals surface area (Å²) >= 11 is 1.53. The summed E-state index contributed by atoms with van der Waals surface area (Å²) in [7, 11) is 0. The van der Waals surface area contributed by atoms with Gasteiger partial charge in [0.15, 0.2) is 17.5 Å². The Morgan fingerprint density at radius 3 is 2.62 bits per heavy atom. The summed E-state index contributed by atoms with van der Waals surface area (Å²) in [4.78, 5) is 40.5. The quantitative estimate of drug-likeness (QED) is 0.398. The van der Waals surface area contributed by atoms with Gasteiger partial charge in [0.1, 0.15) is 0 Å². The van der Waals surface area contributed by atoms with Crippen LogP contribution < -0.4 is 5.32 Å². The number of aromatic nitrogens is 2. The number of benzene rings is 1. The molecule has 0 aliphatic rings. The molecule has 0 saturated heterocycles. The van der Waals surface area contributed by atoms with Crippen molar-refractivity contribution in [2.24, 2.45) is 0 Å². The third kappa shape index (κ3) is 6.01. The summed E-state index contributed by atoms with van der Waals surface area (Å²) in [6, 6.07) is 10.7. The summed E-state index contributed by atoms with van der Waals surface area (Å²) in [5, 5.41) is 5.39. The summed E-state index contributed by atoms with van der Waals surface area (Å²) in [5.74, 6) is -1.32. The number of Topliss-reactive ketones (excluding diaryl/α,β-unsaturated/α-hetero) is 1. The van der Waals surface area contributed by atoms with Crippen molar-refractivity contribution in [2.45, 2.75) is 33.2 Å². The SMILES string of the molecule is CC(=O)C(Cc1ccccc1)NC(=O)COC(=O)/C=C/c1cc(C)n(-c2nccs2)c1C. The minimum Gasteiger partial charge on any atom is -0.452 e. The molecule has 166 valence electrons. The number of esters is 1. The number of ether oxygens (including phenoxy) is 1.